The van der Waals surface area contributed by atoms with Crippen LogP contribution in [-0.4, -0.2) is 24.9 Å². The number of nitrogens with two attached hydrogens (primary N) is 2. The summed E-state index contributed by atoms with van der Waals surface area (Å²) in [4.78, 5) is 26.7. The minimum Gasteiger partial charge on any atom is -0.369 e. The van der Waals surface area contributed by atoms with Crippen LogP contribution in [0.3, 0.4) is 0 Å². The zero-order chi connectivity index (χ0) is 19.0. The Morgan fingerprint density at radius 3 is 2.22 bits per heavy atom. The van der Waals surface area contributed by atoms with Crippen LogP contribution >= 0.6 is 15.9 Å². The highest BCUT2D eigenvalue weighted by atomic mass is 79.9. The third kappa shape index (κ3) is 1.79. The third-order valence-electron chi connectivity index (χ3n) is 7.97. The normalized spacial score (nSPS) is 40.6. The van der Waals surface area contributed by atoms with Crippen LogP contribution in [0.1, 0.15) is 24.8 Å². The van der Waals surface area contributed by atoms with Crippen LogP contribution in [0.5, 0.6) is 0 Å². The lowest BCUT2D eigenvalue weighted by atomic mass is 9.49. The molecule has 6 heteroatoms. The summed E-state index contributed by atoms with van der Waals surface area (Å²) in [5.74, 6) is -0.876. The lowest BCUT2D eigenvalue weighted by Gasteiger charge is -2.51. The van der Waals surface area contributed by atoms with E-state index in [1.807, 2.05) is 24.3 Å². The summed E-state index contributed by atoms with van der Waals surface area (Å²) in [5, 5.41) is 3.38. The van der Waals surface area contributed by atoms with Crippen LogP contribution in [0.2, 0.25) is 0 Å². The van der Waals surface area contributed by atoms with Crippen LogP contribution in [0, 0.1) is 28.6 Å². The molecule has 1 saturated heterocycles. The van der Waals surface area contributed by atoms with Gasteiger partial charge >= 0.3 is 0 Å². The maximum absolute atomic E-state index is 13.3. The van der Waals surface area contributed by atoms with Gasteiger partial charge < -0.3 is 16.8 Å². The van der Waals surface area contributed by atoms with Crippen LogP contribution in [0.15, 0.2) is 40.9 Å². The molecule has 0 radical (unpaired) electrons. The van der Waals surface area contributed by atoms with E-state index in [4.69, 9.17) is 11.5 Å². The molecule has 1 unspecified atom stereocenters. The first kappa shape index (κ1) is 17.4. The lowest BCUT2D eigenvalue weighted by molar-refractivity contribution is -0.147. The number of carbonyl (C=O) groups is 2. The van der Waals surface area contributed by atoms with Gasteiger partial charge in [0.15, 0.2) is 0 Å². The van der Waals surface area contributed by atoms with Gasteiger partial charge in [-0.05, 0) is 67.3 Å². The van der Waals surface area contributed by atoms with E-state index < -0.39 is 16.7 Å². The van der Waals surface area contributed by atoms with Gasteiger partial charge in [0, 0.05) is 10.4 Å². The van der Waals surface area contributed by atoms with E-state index in [9.17, 15) is 9.59 Å². The van der Waals surface area contributed by atoms with Gasteiger partial charge in [-0.25, -0.2) is 0 Å². The molecule has 1 aromatic carbocycles. The molecular weight excluding hydrogens is 406 g/mol. The first-order valence-corrected chi connectivity index (χ1v) is 10.5. The molecule has 3 aliphatic carbocycles. The molecule has 142 valence electrons. The first-order valence-electron chi connectivity index (χ1n) is 9.67. The van der Waals surface area contributed by atoms with Gasteiger partial charge in [0.1, 0.15) is 0 Å². The average Bonchev–Trinajstić information content (AvgIpc) is 2.99. The Bertz CT molecular complexity index is 857. The minimum absolute atomic E-state index is 0.00331. The van der Waals surface area contributed by atoms with Gasteiger partial charge in [0.2, 0.25) is 11.8 Å². The van der Waals surface area contributed by atoms with Crippen molar-refractivity contribution < 1.29 is 9.59 Å². The number of nitrogens with one attached hydrogen (secondary N) is 1. The van der Waals surface area contributed by atoms with Gasteiger partial charge in [0.05, 0.1) is 10.8 Å². The van der Waals surface area contributed by atoms with Gasteiger partial charge in [-0.1, -0.05) is 40.2 Å². The highest BCUT2D eigenvalue weighted by Crippen LogP contribution is 2.81. The van der Waals surface area contributed by atoms with Crippen molar-refractivity contribution in [3.8, 4) is 0 Å². The fourth-order valence-corrected chi connectivity index (χ4v) is 7.31. The van der Waals surface area contributed by atoms with Crippen LogP contribution in [0.25, 0.3) is 0 Å². The Morgan fingerprint density at radius 2 is 1.70 bits per heavy atom. The molecule has 1 aromatic rings. The van der Waals surface area contributed by atoms with E-state index in [1.54, 1.807) is 0 Å². The van der Waals surface area contributed by atoms with Crippen molar-refractivity contribution >= 4 is 27.7 Å². The molecule has 1 heterocycles. The Hall–Kier alpha value is -1.66. The minimum atomic E-state index is -1.09. The molecule has 2 saturated carbocycles. The highest BCUT2D eigenvalue weighted by Gasteiger charge is 2.84. The predicted octanol–water partition coefficient (Wildman–Crippen LogP) is 1.85. The number of hydrogen-bond acceptors (Lipinski definition) is 3. The summed E-state index contributed by atoms with van der Waals surface area (Å²) in [7, 11) is 0. The van der Waals surface area contributed by atoms with Crippen LogP contribution < -0.4 is 16.8 Å². The number of primary amides is 2. The van der Waals surface area contributed by atoms with E-state index in [0.717, 1.165) is 35.8 Å². The molecule has 3 fully saturated rings. The molecule has 4 aliphatic rings. The van der Waals surface area contributed by atoms with Gasteiger partial charge in [-0.15, -0.1) is 0 Å². The van der Waals surface area contributed by atoms with E-state index in [-0.39, 0.29) is 29.1 Å². The van der Waals surface area contributed by atoms with Crippen LogP contribution in [0.4, 0.5) is 0 Å². The molecule has 5 atom stereocenters. The van der Waals surface area contributed by atoms with E-state index in [0.29, 0.717) is 6.54 Å². The fraction of sp³-hybridized carbons (Fsp3) is 0.524. The van der Waals surface area contributed by atoms with Crippen molar-refractivity contribution in [1.29, 1.82) is 0 Å². The fourth-order valence-electron chi connectivity index (χ4n) is 7.05. The first-order chi connectivity index (χ1) is 12.9. The number of allylic oxidation sites excluding steroid dienone is 2. The lowest BCUT2D eigenvalue weighted by Crippen LogP contribution is -2.65. The topological polar surface area (TPSA) is 98.2 Å². The monoisotopic (exact) mass is 429 g/mol. The average molecular weight is 430 g/mol. The molecule has 2 bridgehead atoms. The molecule has 0 aromatic heterocycles. The predicted molar refractivity (Wildman–Crippen MR) is 105 cm³/mol. The number of benzene rings is 1. The smallest absolute Gasteiger partial charge is 0.229 e. The second kappa shape index (κ2) is 5.45. The van der Waals surface area contributed by atoms with Gasteiger partial charge in [-0.3, -0.25) is 9.59 Å². The summed E-state index contributed by atoms with van der Waals surface area (Å²) >= 11 is 3.48. The summed E-state index contributed by atoms with van der Waals surface area (Å²) in [6.07, 6.45) is 7.20. The number of amides is 2. The molecule has 5 nitrogen and oxygen atoms in total. The third-order valence-corrected chi connectivity index (χ3v) is 8.50. The molecule has 27 heavy (non-hydrogen) atoms. The van der Waals surface area contributed by atoms with Crippen molar-refractivity contribution in [2.24, 2.45) is 40.1 Å². The standard InChI is InChI=1S/C21H24BrN3O2/c22-14-3-1-12(2-4-14)20(17(23)26)15-5-6-16(19(15)8-9-19)21(20,18(24)27)13-7-10-25-11-13/h1-6,13,15-16,25H,7-11H2,(H2,23,26)(H2,24,27)/t13?,15-,16+,20+,21+/m0/s1. The second-order valence-electron chi connectivity index (χ2n) is 8.68. The van der Waals surface area contributed by atoms with Crippen molar-refractivity contribution in [3.63, 3.8) is 0 Å². The van der Waals surface area contributed by atoms with E-state index >= 15 is 0 Å². The largest absolute Gasteiger partial charge is 0.369 e. The molecule has 5 N–H and O–H groups in total. The SMILES string of the molecule is NC(=O)[C@@]1(c2ccc(Br)cc2)[C@H]2C=C[C@H](C23CC3)[C@@]1(C(N)=O)C1CCNC1. The molecular formula is C21H24BrN3O2. The maximum Gasteiger partial charge on any atom is 0.229 e. The number of hydrogen-bond donors (Lipinski definition) is 3. The number of halogens is 1. The zero-order valence-corrected chi connectivity index (χ0v) is 16.7. The summed E-state index contributed by atoms with van der Waals surface area (Å²) in [6, 6.07) is 7.74. The van der Waals surface area contributed by atoms with Crippen molar-refractivity contribution in [1.82, 2.24) is 5.32 Å². The molecule has 5 rings (SSSR count). The van der Waals surface area contributed by atoms with E-state index in [2.05, 4.69) is 33.4 Å². The zero-order valence-electron chi connectivity index (χ0n) is 15.1. The van der Waals surface area contributed by atoms with E-state index in [1.165, 1.54) is 0 Å². The van der Waals surface area contributed by atoms with Crippen molar-refractivity contribution in [2.45, 2.75) is 24.7 Å². The molecule has 1 aliphatic heterocycles. The molecule has 2 amide bonds. The summed E-state index contributed by atoms with van der Waals surface area (Å²) in [6.45, 7) is 1.53. The van der Waals surface area contributed by atoms with Crippen LogP contribution in [-0.2, 0) is 15.0 Å². The number of rotatable bonds is 4. The van der Waals surface area contributed by atoms with Crippen molar-refractivity contribution in [2.75, 3.05) is 13.1 Å². The van der Waals surface area contributed by atoms with Gasteiger partial charge in [-0.2, -0.15) is 0 Å². The number of carbonyl (C=O) groups excluding carboxylic acids is 2. The Labute approximate surface area is 167 Å². The Kier molecular flexibility index (Phi) is 3.52. The Morgan fingerprint density at radius 1 is 1.04 bits per heavy atom. The van der Waals surface area contributed by atoms with Crippen molar-refractivity contribution in [3.05, 3.63) is 46.5 Å². The van der Waals surface area contributed by atoms with Gasteiger partial charge in [0.25, 0.3) is 0 Å². The summed E-state index contributed by atoms with van der Waals surface area (Å²) in [5.41, 5.74) is 11.1. The highest BCUT2D eigenvalue weighted by molar-refractivity contribution is 9.10. The maximum atomic E-state index is 13.3. The summed E-state index contributed by atoms with van der Waals surface area (Å²) < 4.78 is 0.929. The quantitative estimate of drug-likeness (QED) is 0.636. The second-order valence-corrected chi connectivity index (χ2v) is 9.59. The molecule has 1 spiro atoms. The Balaban J connectivity index is 1.86.